The maximum absolute atomic E-state index is 12.6. The lowest BCUT2D eigenvalue weighted by molar-refractivity contribution is 0.106. The molecule has 0 unspecified atom stereocenters. The van der Waals surface area contributed by atoms with E-state index < -0.39 is 10.0 Å². The SMILES string of the molecule is CN1CCCC[C@H]1CN1CCN(S(=O)(=O)c2ccccc2)CC1. The first-order chi connectivity index (χ1) is 11.1. The van der Waals surface area contributed by atoms with Crippen LogP contribution in [0.3, 0.4) is 0 Å². The summed E-state index contributed by atoms with van der Waals surface area (Å²) < 4.78 is 26.9. The summed E-state index contributed by atoms with van der Waals surface area (Å²) in [6.45, 7) is 5.09. The van der Waals surface area contributed by atoms with Gasteiger partial charge in [0.15, 0.2) is 0 Å². The van der Waals surface area contributed by atoms with Gasteiger partial charge < -0.3 is 4.90 Å². The maximum Gasteiger partial charge on any atom is 0.243 e. The van der Waals surface area contributed by atoms with Crippen LogP contribution in [0.25, 0.3) is 0 Å². The molecule has 23 heavy (non-hydrogen) atoms. The fourth-order valence-electron chi connectivity index (χ4n) is 3.57. The summed E-state index contributed by atoms with van der Waals surface area (Å²) in [6.07, 6.45) is 3.88. The van der Waals surface area contributed by atoms with Crippen molar-refractivity contribution in [3.63, 3.8) is 0 Å². The summed E-state index contributed by atoms with van der Waals surface area (Å²) in [5, 5.41) is 0. The van der Waals surface area contributed by atoms with Crippen molar-refractivity contribution >= 4 is 10.0 Å². The van der Waals surface area contributed by atoms with Crippen LogP contribution in [-0.2, 0) is 10.0 Å². The van der Waals surface area contributed by atoms with Crippen molar-refractivity contribution in [1.82, 2.24) is 14.1 Å². The Morgan fingerprint density at radius 1 is 1.00 bits per heavy atom. The average Bonchev–Trinajstić information content (AvgIpc) is 2.58. The Kier molecular flexibility index (Phi) is 5.36. The number of rotatable bonds is 4. The molecule has 1 aromatic carbocycles. The Hall–Kier alpha value is -0.950. The van der Waals surface area contributed by atoms with Gasteiger partial charge in [-0.25, -0.2) is 8.42 Å². The summed E-state index contributed by atoms with van der Waals surface area (Å²) in [5.74, 6) is 0. The van der Waals surface area contributed by atoms with E-state index in [1.54, 1.807) is 28.6 Å². The number of likely N-dealkylation sites (tertiary alicyclic amines) is 1. The molecule has 0 aliphatic carbocycles. The Morgan fingerprint density at radius 3 is 2.35 bits per heavy atom. The number of hydrogen-bond acceptors (Lipinski definition) is 4. The van der Waals surface area contributed by atoms with E-state index in [4.69, 9.17) is 0 Å². The van der Waals surface area contributed by atoms with Gasteiger partial charge in [-0.3, -0.25) is 4.90 Å². The van der Waals surface area contributed by atoms with Gasteiger partial charge >= 0.3 is 0 Å². The molecule has 0 radical (unpaired) electrons. The minimum Gasteiger partial charge on any atom is -0.302 e. The van der Waals surface area contributed by atoms with E-state index in [0.29, 0.717) is 24.0 Å². The third-order valence-electron chi connectivity index (χ3n) is 5.10. The van der Waals surface area contributed by atoms with E-state index >= 15 is 0 Å². The van der Waals surface area contributed by atoms with Gasteiger partial charge in [0, 0.05) is 38.8 Å². The van der Waals surface area contributed by atoms with Crippen LogP contribution in [0, 0.1) is 0 Å². The smallest absolute Gasteiger partial charge is 0.243 e. The molecule has 0 aromatic heterocycles. The lowest BCUT2D eigenvalue weighted by Gasteiger charge is -2.39. The minimum atomic E-state index is -3.33. The Balaban J connectivity index is 1.56. The minimum absolute atomic E-state index is 0.403. The van der Waals surface area contributed by atoms with Crippen molar-refractivity contribution in [2.24, 2.45) is 0 Å². The zero-order chi connectivity index (χ0) is 16.3. The Labute approximate surface area is 139 Å². The van der Waals surface area contributed by atoms with Gasteiger partial charge in [0.2, 0.25) is 10.0 Å². The first kappa shape index (κ1) is 16.9. The van der Waals surface area contributed by atoms with Crippen molar-refractivity contribution in [2.45, 2.75) is 30.2 Å². The van der Waals surface area contributed by atoms with Crippen molar-refractivity contribution in [1.29, 1.82) is 0 Å². The molecular weight excluding hydrogens is 310 g/mol. The van der Waals surface area contributed by atoms with E-state index in [1.165, 1.54) is 25.8 Å². The number of sulfonamides is 1. The van der Waals surface area contributed by atoms with Gasteiger partial charge in [-0.2, -0.15) is 4.31 Å². The second-order valence-electron chi connectivity index (χ2n) is 6.65. The highest BCUT2D eigenvalue weighted by molar-refractivity contribution is 7.89. The molecule has 2 heterocycles. The zero-order valence-corrected chi connectivity index (χ0v) is 14.7. The van der Waals surface area contributed by atoms with Crippen LogP contribution in [0.4, 0.5) is 0 Å². The van der Waals surface area contributed by atoms with Gasteiger partial charge in [0.1, 0.15) is 0 Å². The van der Waals surface area contributed by atoms with Crippen LogP contribution in [0.15, 0.2) is 35.2 Å². The Morgan fingerprint density at radius 2 is 1.70 bits per heavy atom. The molecule has 5 nitrogen and oxygen atoms in total. The second-order valence-corrected chi connectivity index (χ2v) is 8.59. The molecule has 1 atom stereocenters. The average molecular weight is 337 g/mol. The molecule has 0 amide bonds. The molecule has 0 saturated carbocycles. The van der Waals surface area contributed by atoms with E-state index in [0.717, 1.165) is 19.6 Å². The zero-order valence-electron chi connectivity index (χ0n) is 13.9. The summed E-state index contributed by atoms with van der Waals surface area (Å²) in [7, 11) is -1.12. The second kappa shape index (κ2) is 7.30. The lowest BCUT2D eigenvalue weighted by atomic mass is 10.0. The molecule has 6 heteroatoms. The molecule has 128 valence electrons. The van der Waals surface area contributed by atoms with Gasteiger partial charge in [-0.15, -0.1) is 0 Å². The van der Waals surface area contributed by atoms with Crippen LogP contribution >= 0.6 is 0 Å². The normalized spacial score (nSPS) is 25.5. The van der Waals surface area contributed by atoms with E-state index in [9.17, 15) is 8.42 Å². The number of hydrogen-bond donors (Lipinski definition) is 0. The molecule has 1 aromatic rings. The summed E-state index contributed by atoms with van der Waals surface area (Å²) in [5.41, 5.74) is 0. The number of benzene rings is 1. The highest BCUT2D eigenvalue weighted by Gasteiger charge is 2.30. The molecule has 2 fully saturated rings. The highest BCUT2D eigenvalue weighted by atomic mass is 32.2. The molecule has 2 aliphatic heterocycles. The van der Waals surface area contributed by atoms with Crippen LogP contribution in [0.5, 0.6) is 0 Å². The van der Waals surface area contributed by atoms with Crippen LogP contribution in [-0.4, -0.2) is 74.9 Å². The Bertz CT molecular complexity index is 598. The lowest BCUT2D eigenvalue weighted by Crippen LogP contribution is -2.52. The predicted octanol–water partition coefficient (Wildman–Crippen LogP) is 1.48. The molecule has 3 rings (SSSR count). The fraction of sp³-hybridized carbons (Fsp3) is 0.647. The quantitative estimate of drug-likeness (QED) is 0.835. The third kappa shape index (κ3) is 3.94. The topological polar surface area (TPSA) is 43.9 Å². The van der Waals surface area contributed by atoms with Gasteiger partial charge in [-0.1, -0.05) is 24.6 Å². The summed E-state index contributed by atoms with van der Waals surface area (Å²) in [4.78, 5) is 5.28. The van der Waals surface area contributed by atoms with Crippen molar-refractivity contribution in [3.05, 3.63) is 30.3 Å². The van der Waals surface area contributed by atoms with E-state index in [2.05, 4.69) is 16.8 Å². The number of piperidine rings is 1. The molecule has 0 N–H and O–H groups in total. The van der Waals surface area contributed by atoms with Crippen molar-refractivity contribution in [2.75, 3.05) is 46.3 Å². The van der Waals surface area contributed by atoms with Gasteiger partial charge in [-0.05, 0) is 38.6 Å². The molecule has 0 bridgehead atoms. The first-order valence-corrected chi connectivity index (χ1v) is 9.99. The monoisotopic (exact) mass is 337 g/mol. The molecule has 2 aliphatic rings. The van der Waals surface area contributed by atoms with Crippen LogP contribution in [0.1, 0.15) is 19.3 Å². The first-order valence-electron chi connectivity index (χ1n) is 8.55. The molecule has 0 spiro atoms. The standard InChI is InChI=1S/C17H27N3O2S/c1-18-10-6-5-7-16(18)15-19-11-13-20(14-12-19)23(21,22)17-8-3-2-4-9-17/h2-4,8-9,16H,5-7,10-15H2,1H3/t16-/m0/s1. The fourth-order valence-corrected chi connectivity index (χ4v) is 5.01. The van der Waals surface area contributed by atoms with Crippen molar-refractivity contribution in [3.8, 4) is 0 Å². The molecule has 2 saturated heterocycles. The van der Waals surface area contributed by atoms with Gasteiger partial charge in [0.05, 0.1) is 4.90 Å². The summed E-state index contributed by atoms with van der Waals surface area (Å²) in [6, 6.07) is 9.39. The highest BCUT2D eigenvalue weighted by Crippen LogP contribution is 2.19. The predicted molar refractivity (Wildman–Crippen MR) is 91.9 cm³/mol. The third-order valence-corrected chi connectivity index (χ3v) is 7.02. The van der Waals surface area contributed by atoms with Crippen molar-refractivity contribution < 1.29 is 8.42 Å². The number of likely N-dealkylation sites (N-methyl/N-ethyl adjacent to an activating group) is 1. The van der Waals surface area contributed by atoms with Crippen LogP contribution < -0.4 is 0 Å². The van der Waals surface area contributed by atoms with E-state index in [1.807, 2.05) is 6.07 Å². The molecular formula is C17H27N3O2S. The summed E-state index contributed by atoms with van der Waals surface area (Å²) >= 11 is 0. The maximum atomic E-state index is 12.6. The largest absolute Gasteiger partial charge is 0.302 e. The van der Waals surface area contributed by atoms with Crippen LogP contribution in [0.2, 0.25) is 0 Å². The number of nitrogens with zero attached hydrogens (tertiary/aromatic N) is 3. The number of piperazine rings is 1. The van der Waals surface area contributed by atoms with E-state index in [-0.39, 0.29) is 0 Å². The van der Waals surface area contributed by atoms with Gasteiger partial charge in [0.25, 0.3) is 0 Å².